The first-order chi connectivity index (χ1) is 12.5. The van der Waals surface area contributed by atoms with E-state index < -0.39 is 11.9 Å². The molecule has 0 spiro atoms. The lowest BCUT2D eigenvalue weighted by atomic mass is 10.1. The molecule has 0 unspecified atom stereocenters. The van der Waals surface area contributed by atoms with Gasteiger partial charge in [0.15, 0.2) is 0 Å². The molecule has 132 valence electrons. The van der Waals surface area contributed by atoms with Crippen LogP contribution in [-0.2, 0) is 11.2 Å². The van der Waals surface area contributed by atoms with E-state index >= 15 is 0 Å². The molecule has 5 nitrogen and oxygen atoms in total. The fourth-order valence-electron chi connectivity index (χ4n) is 2.83. The molecule has 3 aromatic rings. The third-order valence-corrected chi connectivity index (χ3v) is 4.03. The second kappa shape index (κ2) is 7.23. The van der Waals surface area contributed by atoms with Crippen molar-refractivity contribution in [2.75, 3.05) is 0 Å². The van der Waals surface area contributed by atoms with E-state index in [0.29, 0.717) is 22.6 Å². The number of aliphatic carboxylic acids is 1. The van der Waals surface area contributed by atoms with Gasteiger partial charge in [0, 0.05) is 17.4 Å². The number of hydrogen-bond acceptors (Lipinski definition) is 4. The molecule has 0 fully saturated rings. The monoisotopic (exact) mass is 351 g/mol. The normalized spacial score (nSPS) is 10.7. The number of carbonyl (C=O) groups is 2. The molecule has 0 amide bonds. The summed E-state index contributed by atoms with van der Waals surface area (Å²) in [5, 5.41) is 22.0. The summed E-state index contributed by atoms with van der Waals surface area (Å²) in [6.45, 7) is 0. The Morgan fingerprint density at radius 1 is 0.962 bits per heavy atom. The summed E-state index contributed by atoms with van der Waals surface area (Å²) in [4.78, 5) is 22.0. The highest BCUT2D eigenvalue weighted by atomic mass is 19.1. The Kier molecular flexibility index (Phi) is 4.84. The van der Waals surface area contributed by atoms with Gasteiger partial charge in [-0.15, -0.1) is 0 Å². The predicted molar refractivity (Wildman–Crippen MR) is 88.8 cm³/mol. The summed E-state index contributed by atoms with van der Waals surface area (Å²) in [5.74, 6) is -2.86. The lowest BCUT2D eigenvalue weighted by Crippen LogP contribution is -2.23. The molecule has 3 rings (SSSR count). The van der Waals surface area contributed by atoms with E-state index in [9.17, 15) is 24.2 Å². The van der Waals surface area contributed by atoms with E-state index in [2.05, 4.69) is 0 Å². The van der Waals surface area contributed by atoms with Crippen LogP contribution in [-0.4, -0.2) is 16.5 Å². The summed E-state index contributed by atoms with van der Waals surface area (Å²) < 4.78 is 15.0. The second-order valence-corrected chi connectivity index (χ2v) is 5.76. The Morgan fingerprint density at radius 2 is 1.69 bits per heavy atom. The zero-order chi connectivity index (χ0) is 18.7. The Bertz CT molecular complexity index is 960. The number of hydrogen-bond donors (Lipinski definition) is 0. The second-order valence-electron chi connectivity index (χ2n) is 5.76. The highest BCUT2D eigenvalue weighted by Gasteiger charge is 2.13. The summed E-state index contributed by atoms with van der Waals surface area (Å²) in [6.07, 6.45) is 0.0339. The van der Waals surface area contributed by atoms with E-state index in [-0.39, 0.29) is 24.2 Å². The van der Waals surface area contributed by atoms with Gasteiger partial charge in [-0.05, 0) is 72.5 Å². The molecule has 26 heavy (non-hydrogen) atoms. The molecular formula is C20H14FNO4-2. The largest absolute Gasteiger partial charge is 0.550 e. The molecule has 0 bridgehead atoms. The first-order valence-electron chi connectivity index (χ1n) is 7.94. The summed E-state index contributed by atoms with van der Waals surface area (Å²) >= 11 is 0. The van der Waals surface area contributed by atoms with Crippen LogP contribution in [0.4, 0.5) is 4.39 Å². The fourth-order valence-corrected chi connectivity index (χ4v) is 2.83. The summed E-state index contributed by atoms with van der Waals surface area (Å²) in [7, 11) is 0. The number of aromatic nitrogens is 1. The standard InChI is InChI=1S/C20H16FNO4/c21-15-6-4-13(5-7-15)18-10-8-16(9-11-19(23)24)22(18)17-3-1-2-14(12-17)20(25)26/h1-8,10,12H,9,11H2,(H,23,24)(H,25,26)/p-2. The first kappa shape index (κ1) is 17.4. The Labute approximate surface area is 149 Å². The van der Waals surface area contributed by atoms with Gasteiger partial charge in [0.1, 0.15) is 5.82 Å². The van der Waals surface area contributed by atoms with Crippen LogP contribution in [0.25, 0.3) is 16.9 Å². The predicted octanol–water partition coefficient (Wildman–Crippen LogP) is 1.33. The van der Waals surface area contributed by atoms with E-state index in [1.54, 1.807) is 41.0 Å². The van der Waals surface area contributed by atoms with Gasteiger partial charge in [0.2, 0.25) is 0 Å². The quantitative estimate of drug-likeness (QED) is 0.670. The Hall–Kier alpha value is -3.41. The third kappa shape index (κ3) is 3.64. The van der Waals surface area contributed by atoms with Crippen molar-refractivity contribution in [3.63, 3.8) is 0 Å². The van der Waals surface area contributed by atoms with Gasteiger partial charge in [0.25, 0.3) is 0 Å². The number of rotatable bonds is 6. The van der Waals surface area contributed by atoms with Crippen LogP contribution in [0.3, 0.4) is 0 Å². The van der Waals surface area contributed by atoms with Gasteiger partial charge in [-0.25, -0.2) is 4.39 Å². The maximum absolute atomic E-state index is 13.2. The highest BCUT2D eigenvalue weighted by Crippen LogP contribution is 2.28. The SMILES string of the molecule is O=C([O-])CCc1ccc(-c2ccc(F)cc2)n1-c1cccc(C(=O)[O-])c1. The van der Waals surface area contributed by atoms with Gasteiger partial charge >= 0.3 is 0 Å². The minimum absolute atomic E-state index is 0.00658. The zero-order valence-corrected chi connectivity index (χ0v) is 13.6. The third-order valence-electron chi connectivity index (χ3n) is 4.03. The number of carboxylic acids is 2. The lowest BCUT2D eigenvalue weighted by Gasteiger charge is -2.16. The molecule has 0 aliphatic carbocycles. The van der Waals surface area contributed by atoms with Crippen LogP contribution in [0, 0.1) is 5.82 Å². The average molecular weight is 351 g/mol. The van der Waals surface area contributed by atoms with Gasteiger partial charge in [0.05, 0.1) is 11.7 Å². The van der Waals surface area contributed by atoms with E-state index in [1.165, 1.54) is 24.3 Å². The van der Waals surface area contributed by atoms with E-state index in [1.807, 2.05) is 0 Å². The molecule has 0 atom stereocenters. The Morgan fingerprint density at radius 3 is 2.35 bits per heavy atom. The molecule has 6 heteroatoms. The topological polar surface area (TPSA) is 85.2 Å². The van der Waals surface area contributed by atoms with Crippen molar-refractivity contribution < 1.29 is 24.2 Å². The van der Waals surface area contributed by atoms with Crippen LogP contribution in [0.2, 0.25) is 0 Å². The number of carbonyl (C=O) groups excluding carboxylic acids is 2. The zero-order valence-electron chi connectivity index (χ0n) is 13.6. The molecule has 2 aromatic carbocycles. The maximum atomic E-state index is 13.2. The van der Waals surface area contributed by atoms with Crippen molar-refractivity contribution in [3.05, 3.63) is 77.7 Å². The van der Waals surface area contributed by atoms with Crippen molar-refractivity contribution in [2.45, 2.75) is 12.8 Å². The average Bonchev–Trinajstić information content (AvgIpc) is 3.04. The Balaban J connectivity index is 2.14. The van der Waals surface area contributed by atoms with Crippen molar-refractivity contribution in [2.24, 2.45) is 0 Å². The lowest BCUT2D eigenvalue weighted by molar-refractivity contribution is -0.305. The van der Waals surface area contributed by atoms with Gasteiger partial charge < -0.3 is 24.4 Å². The number of carboxylic acid groups (broad SMARTS) is 2. The van der Waals surface area contributed by atoms with Crippen LogP contribution in [0.15, 0.2) is 60.7 Å². The first-order valence-corrected chi connectivity index (χ1v) is 7.94. The smallest absolute Gasteiger partial charge is 0.123 e. The summed E-state index contributed by atoms with van der Waals surface area (Å²) in [6, 6.07) is 15.6. The fraction of sp³-hybridized carbons (Fsp3) is 0.100. The van der Waals surface area contributed by atoms with Crippen molar-refractivity contribution >= 4 is 11.9 Å². The van der Waals surface area contributed by atoms with Crippen LogP contribution in [0.1, 0.15) is 22.5 Å². The van der Waals surface area contributed by atoms with Crippen LogP contribution >= 0.6 is 0 Å². The molecule has 0 aliphatic rings. The molecule has 0 aliphatic heterocycles. The molecule has 0 radical (unpaired) electrons. The van der Waals surface area contributed by atoms with Gasteiger partial charge in [-0.1, -0.05) is 12.1 Å². The molecule has 1 heterocycles. The molecule has 1 aromatic heterocycles. The number of aryl methyl sites for hydroxylation is 1. The maximum Gasteiger partial charge on any atom is 0.123 e. The van der Waals surface area contributed by atoms with Crippen molar-refractivity contribution in [3.8, 4) is 16.9 Å². The molecule has 0 saturated carbocycles. The number of halogens is 1. The number of nitrogens with zero attached hydrogens (tertiary/aromatic N) is 1. The van der Waals surface area contributed by atoms with E-state index in [4.69, 9.17) is 0 Å². The van der Waals surface area contributed by atoms with Crippen molar-refractivity contribution in [1.82, 2.24) is 4.57 Å². The number of benzene rings is 2. The van der Waals surface area contributed by atoms with Gasteiger partial charge in [-0.3, -0.25) is 0 Å². The molecule has 0 N–H and O–H groups in total. The van der Waals surface area contributed by atoms with Crippen molar-refractivity contribution in [1.29, 1.82) is 0 Å². The van der Waals surface area contributed by atoms with E-state index in [0.717, 1.165) is 0 Å². The minimum atomic E-state index is -1.31. The van der Waals surface area contributed by atoms with Gasteiger partial charge in [-0.2, -0.15) is 0 Å². The highest BCUT2D eigenvalue weighted by molar-refractivity contribution is 5.86. The molecule has 0 saturated heterocycles. The molecular weight excluding hydrogens is 337 g/mol. The van der Waals surface area contributed by atoms with Crippen LogP contribution in [0.5, 0.6) is 0 Å². The number of aromatic carboxylic acids is 1. The van der Waals surface area contributed by atoms with Crippen LogP contribution < -0.4 is 10.2 Å². The minimum Gasteiger partial charge on any atom is -0.550 e. The summed E-state index contributed by atoms with van der Waals surface area (Å²) in [5.41, 5.74) is 2.62.